The summed E-state index contributed by atoms with van der Waals surface area (Å²) in [5, 5.41) is 11.2. The molecule has 1 aliphatic carbocycles. The van der Waals surface area contributed by atoms with Crippen molar-refractivity contribution >= 4 is 22.3 Å². The van der Waals surface area contributed by atoms with Crippen LogP contribution in [0.5, 0.6) is 11.6 Å². The van der Waals surface area contributed by atoms with Gasteiger partial charge in [-0.15, -0.1) is 11.3 Å². The maximum atomic E-state index is 11.4. The molecule has 4 rings (SSSR count). The van der Waals surface area contributed by atoms with Crippen LogP contribution in [0.4, 0.5) is 0 Å². The summed E-state index contributed by atoms with van der Waals surface area (Å²) in [6, 6.07) is 5.92. The van der Waals surface area contributed by atoms with Gasteiger partial charge >= 0.3 is 5.97 Å². The molecule has 0 unspecified atom stereocenters. The molecule has 0 spiro atoms. The summed E-state index contributed by atoms with van der Waals surface area (Å²) in [4.78, 5) is 16.3. The number of hydrogen-bond acceptors (Lipinski definition) is 4. The van der Waals surface area contributed by atoms with Crippen molar-refractivity contribution < 1.29 is 14.6 Å². The number of benzene rings is 1. The van der Waals surface area contributed by atoms with Gasteiger partial charge in [0.2, 0.25) is 0 Å². The van der Waals surface area contributed by atoms with Crippen LogP contribution in [0.3, 0.4) is 0 Å². The van der Waals surface area contributed by atoms with E-state index in [-0.39, 0.29) is 11.6 Å². The van der Waals surface area contributed by atoms with Gasteiger partial charge in [-0.2, -0.15) is 4.98 Å². The third kappa shape index (κ3) is 1.99. The highest BCUT2D eigenvalue weighted by Crippen LogP contribution is 2.31. The zero-order valence-electron chi connectivity index (χ0n) is 11.1. The summed E-state index contributed by atoms with van der Waals surface area (Å²) in [6.45, 7) is 0. The Morgan fingerprint density at radius 3 is 3.05 bits per heavy atom. The molecular weight excluding hydrogens is 288 g/mol. The van der Waals surface area contributed by atoms with Crippen LogP contribution in [0.1, 0.15) is 28.0 Å². The molecule has 6 heteroatoms. The van der Waals surface area contributed by atoms with Gasteiger partial charge in [0.25, 0.3) is 5.88 Å². The molecule has 5 nitrogen and oxygen atoms in total. The standard InChI is InChI=1S/C15H12N2O3S/c18-14(19)12-13(16-15-17(12)6-7-21-15)20-11-5-4-9-2-1-3-10(9)8-11/h4-8H,1-3H2,(H,18,19). The first-order valence-electron chi connectivity index (χ1n) is 6.71. The number of fused-ring (bicyclic) bond motifs is 2. The fraction of sp³-hybridized carbons (Fsp3) is 0.200. The summed E-state index contributed by atoms with van der Waals surface area (Å²) in [5.41, 5.74) is 2.70. The number of aryl methyl sites for hydroxylation is 2. The third-order valence-corrected chi connectivity index (χ3v) is 4.47. The molecule has 1 N–H and O–H groups in total. The van der Waals surface area contributed by atoms with Gasteiger partial charge in [0.05, 0.1) is 0 Å². The minimum Gasteiger partial charge on any atom is -0.476 e. The SMILES string of the molecule is O=C(O)c1c(Oc2ccc3c(c2)CCC3)nc2sccn12. The van der Waals surface area contributed by atoms with Crippen molar-refractivity contribution in [2.75, 3.05) is 0 Å². The molecule has 3 aromatic rings. The van der Waals surface area contributed by atoms with Crippen molar-refractivity contribution in [2.24, 2.45) is 0 Å². The first-order valence-corrected chi connectivity index (χ1v) is 7.59. The zero-order valence-corrected chi connectivity index (χ0v) is 11.9. The van der Waals surface area contributed by atoms with E-state index < -0.39 is 5.97 Å². The van der Waals surface area contributed by atoms with Gasteiger partial charge in [0, 0.05) is 11.6 Å². The van der Waals surface area contributed by atoms with E-state index in [1.54, 1.807) is 11.6 Å². The first kappa shape index (κ1) is 12.4. The number of aromatic carboxylic acids is 1. The number of hydrogen-bond donors (Lipinski definition) is 1. The Hall–Kier alpha value is -2.34. The van der Waals surface area contributed by atoms with Gasteiger partial charge in [0.15, 0.2) is 10.7 Å². The van der Waals surface area contributed by atoms with Crippen molar-refractivity contribution in [2.45, 2.75) is 19.3 Å². The molecule has 1 aromatic carbocycles. The average molecular weight is 300 g/mol. The lowest BCUT2D eigenvalue weighted by molar-refractivity contribution is 0.0686. The summed E-state index contributed by atoms with van der Waals surface area (Å²) in [5.74, 6) is -0.256. The van der Waals surface area contributed by atoms with E-state index in [1.807, 2.05) is 12.1 Å². The van der Waals surface area contributed by atoms with Crippen molar-refractivity contribution in [3.63, 3.8) is 0 Å². The molecule has 0 saturated heterocycles. The monoisotopic (exact) mass is 300 g/mol. The minimum atomic E-state index is -1.04. The molecule has 21 heavy (non-hydrogen) atoms. The molecule has 0 saturated carbocycles. The molecule has 0 aliphatic heterocycles. The number of aromatic nitrogens is 2. The largest absolute Gasteiger partial charge is 0.476 e. The van der Waals surface area contributed by atoms with E-state index in [0.717, 1.165) is 12.8 Å². The topological polar surface area (TPSA) is 63.8 Å². The molecule has 0 fully saturated rings. The third-order valence-electron chi connectivity index (χ3n) is 3.72. The predicted octanol–water partition coefficient (Wildman–Crippen LogP) is 3.38. The Morgan fingerprint density at radius 1 is 1.33 bits per heavy atom. The highest BCUT2D eigenvalue weighted by molar-refractivity contribution is 7.15. The predicted molar refractivity (Wildman–Crippen MR) is 78.6 cm³/mol. The first-order chi connectivity index (χ1) is 10.2. The molecule has 0 amide bonds. The van der Waals surface area contributed by atoms with Gasteiger partial charge in [-0.25, -0.2) is 4.79 Å². The van der Waals surface area contributed by atoms with E-state index in [1.165, 1.54) is 33.3 Å². The van der Waals surface area contributed by atoms with Crippen molar-refractivity contribution in [1.29, 1.82) is 0 Å². The van der Waals surface area contributed by atoms with Crippen LogP contribution in [0.2, 0.25) is 0 Å². The second-order valence-corrected chi connectivity index (χ2v) is 5.89. The molecule has 1 aliphatic rings. The molecule has 106 valence electrons. The van der Waals surface area contributed by atoms with Gasteiger partial charge in [0.1, 0.15) is 5.75 Å². The maximum absolute atomic E-state index is 11.4. The van der Waals surface area contributed by atoms with Gasteiger partial charge in [-0.05, 0) is 42.5 Å². The lowest BCUT2D eigenvalue weighted by Gasteiger charge is -2.06. The highest BCUT2D eigenvalue weighted by atomic mass is 32.1. The maximum Gasteiger partial charge on any atom is 0.358 e. The second kappa shape index (κ2) is 4.60. The van der Waals surface area contributed by atoms with E-state index in [4.69, 9.17) is 4.74 Å². The number of ether oxygens (including phenoxy) is 1. The molecule has 2 heterocycles. The number of carbonyl (C=O) groups is 1. The molecule has 0 atom stereocenters. The smallest absolute Gasteiger partial charge is 0.358 e. The molecular formula is C15H12N2O3S. The highest BCUT2D eigenvalue weighted by Gasteiger charge is 2.22. The Kier molecular flexibility index (Phi) is 2.71. The van der Waals surface area contributed by atoms with Crippen LogP contribution in [-0.4, -0.2) is 20.5 Å². The van der Waals surface area contributed by atoms with Gasteiger partial charge in [-0.1, -0.05) is 6.07 Å². The van der Waals surface area contributed by atoms with Crippen molar-refractivity contribution in [3.8, 4) is 11.6 Å². The Bertz CT molecular complexity index is 850. The normalized spacial score (nSPS) is 13.5. The fourth-order valence-corrected chi connectivity index (χ4v) is 3.46. The zero-order chi connectivity index (χ0) is 14.4. The minimum absolute atomic E-state index is 0.0618. The van der Waals surface area contributed by atoms with Crippen molar-refractivity contribution in [1.82, 2.24) is 9.38 Å². The van der Waals surface area contributed by atoms with Crippen LogP contribution in [0, 0.1) is 0 Å². The van der Waals surface area contributed by atoms with E-state index >= 15 is 0 Å². The number of thiazole rings is 1. The Morgan fingerprint density at radius 2 is 2.19 bits per heavy atom. The number of rotatable bonds is 3. The van der Waals surface area contributed by atoms with Crippen LogP contribution < -0.4 is 4.74 Å². The number of carboxylic acid groups (broad SMARTS) is 1. The van der Waals surface area contributed by atoms with Gasteiger partial charge < -0.3 is 9.84 Å². The van der Waals surface area contributed by atoms with E-state index in [2.05, 4.69) is 11.1 Å². The van der Waals surface area contributed by atoms with Crippen LogP contribution in [0.15, 0.2) is 29.8 Å². The summed E-state index contributed by atoms with van der Waals surface area (Å²) >= 11 is 1.38. The van der Waals surface area contributed by atoms with Crippen molar-refractivity contribution in [3.05, 3.63) is 46.6 Å². The Balaban J connectivity index is 1.75. The quantitative estimate of drug-likeness (QED) is 0.805. The average Bonchev–Trinajstić information content (AvgIpc) is 3.11. The fourth-order valence-electron chi connectivity index (χ4n) is 2.75. The summed E-state index contributed by atoms with van der Waals surface area (Å²) in [6.07, 6.45) is 5.01. The Labute approximate surface area is 124 Å². The van der Waals surface area contributed by atoms with E-state index in [9.17, 15) is 9.90 Å². The van der Waals surface area contributed by atoms with Crippen LogP contribution in [-0.2, 0) is 12.8 Å². The molecule has 0 bridgehead atoms. The summed E-state index contributed by atoms with van der Waals surface area (Å²) < 4.78 is 7.27. The van der Waals surface area contributed by atoms with E-state index in [0.29, 0.717) is 10.7 Å². The molecule has 2 aromatic heterocycles. The number of imidazole rings is 1. The second-order valence-electron chi connectivity index (χ2n) is 5.01. The number of nitrogens with zero attached hydrogens (tertiary/aromatic N) is 2. The number of carboxylic acids is 1. The lowest BCUT2D eigenvalue weighted by atomic mass is 10.1. The lowest BCUT2D eigenvalue weighted by Crippen LogP contribution is -2.02. The molecule has 0 radical (unpaired) electrons. The van der Waals surface area contributed by atoms with Crippen LogP contribution in [0.25, 0.3) is 4.96 Å². The summed E-state index contributed by atoms with van der Waals surface area (Å²) in [7, 11) is 0. The van der Waals surface area contributed by atoms with Gasteiger partial charge in [-0.3, -0.25) is 4.40 Å². The van der Waals surface area contributed by atoms with Crippen LogP contribution >= 0.6 is 11.3 Å².